The molecule has 1 amide bonds. The van der Waals surface area contributed by atoms with Crippen molar-refractivity contribution in [2.45, 2.75) is 13.1 Å². The van der Waals surface area contributed by atoms with Gasteiger partial charge >= 0.3 is 6.18 Å². The number of carboxylic acids is 1. The lowest BCUT2D eigenvalue weighted by Gasteiger charge is -2.03. The first kappa shape index (κ1) is 19.1. The molecule has 0 aliphatic carbocycles. The zero-order chi connectivity index (χ0) is 14.8. The van der Waals surface area contributed by atoms with Crippen molar-refractivity contribution in [3.63, 3.8) is 0 Å². The third kappa shape index (κ3) is 14.7. The third-order valence-electron chi connectivity index (χ3n) is 1.14. The van der Waals surface area contributed by atoms with Gasteiger partial charge in [-0.2, -0.15) is 13.2 Å². The Kier molecular flexibility index (Phi) is 10.3. The number of hydrogen-bond acceptors (Lipinski definition) is 6. The summed E-state index contributed by atoms with van der Waals surface area (Å²) < 4.78 is 31.5. The van der Waals surface area contributed by atoms with E-state index in [0.29, 0.717) is 12.3 Å². The molecule has 6 nitrogen and oxygen atoms in total. The number of alkyl halides is 3. The van der Waals surface area contributed by atoms with Gasteiger partial charge in [0.2, 0.25) is 11.0 Å². The summed E-state index contributed by atoms with van der Waals surface area (Å²) in [4.78, 5) is 29.7. The number of carbonyl (C=O) groups excluding carboxylic acids is 3. The monoisotopic (exact) mass is 289 g/mol. The molecule has 0 saturated heterocycles. The summed E-state index contributed by atoms with van der Waals surface area (Å²) >= 11 is 1.14. The number of hydrogen-bond donors (Lipinski definition) is 2. The van der Waals surface area contributed by atoms with E-state index in [4.69, 9.17) is 15.6 Å². The summed E-state index contributed by atoms with van der Waals surface area (Å²) in [6, 6.07) is 0. The molecule has 0 aliphatic rings. The van der Waals surface area contributed by atoms with Crippen LogP contribution in [0.2, 0.25) is 0 Å². The van der Waals surface area contributed by atoms with Gasteiger partial charge in [0.15, 0.2) is 0 Å². The molecule has 0 aromatic rings. The first-order valence-electron chi connectivity index (χ1n) is 4.49. The van der Waals surface area contributed by atoms with E-state index in [0.717, 1.165) is 11.8 Å². The number of rotatable bonds is 4. The van der Waals surface area contributed by atoms with Crippen LogP contribution in [0.15, 0.2) is 0 Å². The minimum atomic E-state index is -5.19. The maximum Gasteiger partial charge on any atom is 0.430 e. The smallest absolute Gasteiger partial charge is 0.430 e. The fourth-order valence-corrected chi connectivity index (χ4v) is 1.00. The standard InChI is InChI=1S/C6H12N2O2S.C2HF3O2/c1-5(9)8-2-3-11-6(10)4-7;3-2(4,5)1(6)7/h2-4,7H2,1H3,(H,8,9);(H,6,7)/p-1. The van der Waals surface area contributed by atoms with Crippen molar-refractivity contribution in [2.75, 3.05) is 18.8 Å². The molecule has 0 aliphatic heterocycles. The van der Waals surface area contributed by atoms with Crippen LogP contribution >= 0.6 is 11.8 Å². The topological polar surface area (TPSA) is 112 Å². The number of thioether (sulfide) groups is 1. The lowest BCUT2D eigenvalue weighted by Crippen LogP contribution is -2.37. The minimum absolute atomic E-state index is 0.0460. The summed E-state index contributed by atoms with van der Waals surface area (Å²) in [7, 11) is 0. The Labute approximate surface area is 105 Å². The summed E-state index contributed by atoms with van der Waals surface area (Å²) in [6.07, 6.45) is -5.19. The molecule has 0 aromatic carbocycles. The minimum Gasteiger partial charge on any atom is -0.542 e. The zero-order valence-electron chi connectivity index (χ0n) is 9.37. The van der Waals surface area contributed by atoms with Crippen molar-refractivity contribution in [3.05, 3.63) is 0 Å². The van der Waals surface area contributed by atoms with Gasteiger partial charge in [-0.05, 0) is 0 Å². The zero-order valence-corrected chi connectivity index (χ0v) is 10.2. The van der Waals surface area contributed by atoms with Crippen LogP contribution in [0.3, 0.4) is 0 Å². The van der Waals surface area contributed by atoms with E-state index < -0.39 is 12.1 Å². The molecule has 0 fully saturated rings. The van der Waals surface area contributed by atoms with Crippen molar-refractivity contribution in [1.82, 2.24) is 5.32 Å². The Hall–Kier alpha value is -1.29. The Morgan fingerprint density at radius 1 is 1.33 bits per heavy atom. The fourth-order valence-electron chi connectivity index (χ4n) is 0.451. The Bertz CT molecular complexity index is 297. The molecule has 106 valence electrons. The van der Waals surface area contributed by atoms with Crippen molar-refractivity contribution in [3.8, 4) is 0 Å². The predicted octanol–water partition coefficient (Wildman–Crippen LogP) is -1.36. The molecule has 0 heterocycles. The quantitative estimate of drug-likeness (QED) is 0.618. The molecule has 0 radical (unpaired) electrons. The molecule has 0 unspecified atom stereocenters. The summed E-state index contributed by atoms with van der Waals surface area (Å²) in [6.45, 7) is 2.02. The highest BCUT2D eigenvalue weighted by atomic mass is 32.2. The number of nitrogens with one attached hydrogen (secondary N) is 1. The van der Waals surface area contributed by atoms with Gasteiger partial charge in [0.25, 0.3) is 0 Å². The molecule has 0 bridgehead atoms. The molecule has 18 heavy (non-hydrogen) atoms. The van der Waals surface area contributed by atoms with Crippen LogP contribution in [0.5, 0.6) is 0 Å². The average molecular weight is 289 g/mol. The first-order valence-corrected chi connectivity index (χ1v) is 5.48. The molecule has 0 spiro atoms. The van der Waals surface area contributed by atoms with E-state index in [2.05, 4.69) is 5.32 Å². The van der Waals surface area contributed by atoms with Gasteiger partial charge in [-0.1, -0.05) is 11.8 Å². The summed E-state index contributed by atoms with van der Waals surface area (Å²) in [5.41, 5.74) is 5.06. The lowest BCUT2D eigenvalue weighted by atomic mass is 10.6. The molecular weight excluding hydrogens is 277 g/mol. The van der Waals surface area contributed by atoms with Crippen LogP contribution in [-0.2, 0) is 14.4 Å². The summed E-state index contributed by atoms with van der Waals surface area (Å²) in [5.74, 6) is -2.49. The molecule has 0 aromatic heterocycles. The van der Waals surface area contributed by atoms with Crippen molar-refractivity contribution >= 4 is 28.8 Å². The Balaban J connectivity index is 0. The second-order valence-electron chi connectivity index (χ2n) is 2.69. The maximum atomic E-state index is 10.6. The van der Waals surface area contributed by atoms with Crippen LogP contribution in [0, 0.1) is 0 Å². The van der Waals surface area contributed by atoms with Gasteiger partial charge in [-0.3, -0.25) is 9.59 Å². The predicted molar refractivity (Wildman–Crippen MR) is 56.3 cm³/mol. The van der Waals surface area contributed by atoms with Gasteiger partial charge in [0.05, 0.1) is 6.54 Å². The lowest BCUT2D eigenvalue weighted by molar-refractivity contribution is -0.344. The number of aliphatic carboxylic acids is 1. The number of carboxylic acid groups (broad SMARTS) is 1. The second kappa shape index (κ2) is 9.71. The highest BCUT2D eigenvalue weighted by molar-refractivity contribution is 8.13. The number of halogens is 3. The third-order valence-corrected chi connectivity index (χ3v) is 2.03. The number of amides is 1. The second-order valence-corrected chi connectivity index (χ2v) is 3.85. The highest BCUT2D eigenvalue weighted by Gasteiger charge is 2.28. The molecular formula is C8H12F3N2O4S-. The molecule has 3 N–H and O–H groups in total. The molecule has 0 saturated carbocycles. The van der Waals surface area contributed by atoms with E-state index in [1.54, 1.807) is 0 Å². The van der Waals surface area contributed by atoms with E-state index in [1.807, 2.05) is 0 Å². The SMILES string of the molecule is CC(=O)NCCSC(=O)CN.O=C([O-])C(F)(F)F. The van der Waals surface area contributed by atoms with Gasteiger partial charge < -0.3 is 21.0 Å². The van der Waals surface area contributed by atoms with Gasteiger partial charge in [0.1, 0.15) is 5.97 Å². The molecule has 0 atom stereocenters. The van der Waals surface area contributed by atoms with Crippen LogP contribution in [-0.4, -0.2) is 42.0 Å². The van der Waals surface area contributed by atoms with Gasteiger partial charge in [-0.15, -0.1) is 0 Å². The fraction of sp³-hybridized carbons (Fsp3) is 0.625. The summed E-state index contributed by atoms with van der Waals surface area (Å²) in [5, 5.41) is 11.3. The van der Waals surface area contributed by atoms with E-state index in [1.165, 1.54) is 6.92 Å². The van der Waals surface area contributed by atoms with E-state index in [-0.39, 0.29) is 17.6 Å². The van der Waals surface area contributed by atoms with E-state index in [9.17, 15) is 22.8 Å². The molecule has 0 rings (SSSR count). The van der Waals surface area contributed by atoms with E-state index >= 15 is 0 Å². The van der Waals surface area contributed by atoms with Crippen molar-refractivity contribution in [2.24, 2.45) is 5.73 Å². The Morgan fingerprint density at radius 2 is 1.78 bits per heavy atom. The van der Waals surface area contributed by atoms with Crippen LogP contribution in [0.4, 0.5) is 13.2 Å². The number of nitrogens with two attached hydrogens (primary N) is 1. The van der Waals surface area contributed by atoms with Crippen LogP contribution in [0.1, 0.15) is 6.92 Å². The first-order chi connectivity index (χ1) is 8.11. The highest BCUT2D eigenvalue weighted by Crippen LogP contribution is 2.11. The van der Waals surface area contributed by atoms with Crippen LogP contribution in [0.25, 0.3) is 0 Å². The molecule has 10 heteroatoms. The maximum absolute atomic E-state index is 10.6. The van der Waals surface area contributed by atoms with Gasteiger partial charge in [-0.25, -0.2) is 0 Å². The van der Waals surface area contributed by atoms with Gasteiger partial charge in [0, 0.05) is 19.2 Å². The average Bonchev–Trinajstić information content (AvgIpc) is 2.23. The Morgan fingerprint density at radius 3 is 2.06 bits per heavy atom. The van der Waals surface area contributed by atoms with Crippen molar-refractivity contribution in [1.29, 1.82) is 0 Å². The largest absolute Gasteiger partial charge is 0.542 e. The normalized spacial score (nSPS) is 10.1. The van der Waals surface area contributed by atoms with Crippen molar-refractivity contribution < 1.29 is 32.7 Å². The van der Waals surface area contributed by atoms with Crippen LogP contribution < -0.4 is 16.2 Å². The number of carbonyl (C=O) groups is 3.